The van der Waals surface area contributed by atoms with E-state index in [1.807, 2.05) is 39.0 Å². The maximum atomic E-state index is 13.3. The molecule has 1 atom stereocenters. The highest BCUT2D eigenvalue weighted by Crippen LogP contribution is 2.27. The Morgan fingerprint density at radius 2 is 1.81 bits per heavy atom. The molecule has 0 N–H and O–H groups in total. The fourth-order valence-electron chi connectivity index (χ4n) is 3.05. The molecule has 5 nitrogen and oxygen atoms in total. The molecule has 1 amide bonds. The van der Waals surface area contributed by atoms with Crippen molar-refractivity contribution in [2.24, 2.45) is 0 Å². The third-order valence-corrected chi connectivity index (χ3v) is 6.02. The molecule has 0 aromatic heterocycles. The lowest BCUT2D eigenvalue weighted by Gasteiger charge is -2.28. The van der Waals surface area contributed by atoms with Gasteiger partial charge in [-0.05, 0) is 74.4 Å². The van der Waals surface area contributed by atoms with Crippen LogP contribution in [0.5, 0.6) is 5.75 Å². The lowest BCUT2D eigenvalue weighted by molar-refractivity contribution is 0.0983. The van der Waals surface area contributed by atoms with Gasteiger partial charge in [0.1, 0.15) is 5.75 Å². The molecule has 0 saturated heterocycles. The topological polar surface area (TPSA) is 63.7 Å². The van der Waals surface area contributed by atoms with Crippen molar-refractivity contribution in [3.63, 3.8) is 0 Å². The SMILES string of the molecule is CCOc1ccc(C(=O)N(c2ccc(C)c(C)c2)C2C=CS(=O)(=O)C2)cc1. The van der Waals surface area contributed by atoms with Gasteiger partial charge in [-0.25, -0.2) is 8.42 Å². The summed E-state index contributed by atoms with van der Waals surface area (Å²) in [7, 11) is -3.29. The second-order valence-corrected chi connectivity index (χ2v) is 8.56. The average Bonchev–Trinajstić information content (AvgIpc) is 2.98. The maximum Gasteiger partial charge on any atom is 0.258 e. The quantitative estimate of drug-likeness (QED) is 0.788. The van der Waals surface area contributed by atoms with Crippen molar-refractivity contribution in [1.82, 2.24) is 0 Å². The molecule has 0 aliphatic carbocycles. The number of sulfone groups is 1. The molecule has 0 radical (unpaired) electrons. The van der Waals surface area contributed by atoms with Gasteiger partial charge in [0.25, 0.3) is 5.91 Å². The van der Waals surface area contributed by atoms with Gasteiger partial charge in [-0.2, -0.15) is 0 Å². The Hall–Kier alpha value is -2.60. The number of benzene rings is 2. The zero-order chi connectivity index (χ0) is 19.6. The molecule has 2 aromatic rings. The molecule has 0 saturated carbocycles. The lowest BCUT2D eigenvalue weighted by atomic mass is 10.1. The van der Waals surface area contributed by atoms with Crippen LogP contribution in [0.4, 0.5) is 5.69 Å². The minimum absolute atomic E-state index is 0.108. The van der Waals surface area contributed by atoms with E-state index in [0.717, 1.165) is 11.1 Å². The monoisotopic (exact) mass is 385 g/mol. The van der Waals surface area contributed by atoms with Crippen molar-refractivity contribution in [3.05, 3.63) is 70.6 Å². The molecule has 1 aliphatic heterocycles. The number of carbonyl (C=O) groups excluding carboxylic acids is 1. The van der Waals surface area contributed by atoms with E-state index >= 15 is 0 Å². The normalized spacial score (nSPS) is 17.7. The second-order valence-electron chi connectivity index (χ2n) is 6.63. The molecule has 27 heavy (non-hydrogen) atoms. The standard InChI is InChI=1S/C21H23NO4S/c1-4-26-20-9-6-17(7-10-20)21(23)22(19-11-12-27(24,25)14-19)18-8-5-15(2)16(3)13-18/h5-13,19H,4,14H2,1-3H3. The van der Waals surface area contributed by atoms with Gasteiger partial charge in [0.05, 0.1) is 18.4 Å². The zero-order valence-electron chi connectivity index (χ0n) is 15.7. The van der Waals surface area contributed by atoms with Crippen LogP contribution >= 0.6 is 0 Å². The van der Waals surface area contributed by atoms with Crippen molar-refractivity contribution >= 4 is 21.4 Å². The zero-order valence-corrected chi connectivity index (χ0v) is 16.5. The van der Waals surface area contributed by atoms with Crippen LogP contribution in [0.3, 0.4) is 0 Å². The van der Waals surface area contributed by atoms with Crippen LogP contribution in [-0.2, 0) is 9.84 Å². The fourth-order valence-corrected chi connectivity index (χ4v) is 4.32. The molecule has 1 unspecified atom stereocenters. The lowest BCUT2D eigenvalue weighted by Crippen LogP contribution is -2.41. The first-order valence-electron chi connectivity index (χ1n) is 8.85. The number of nitrogens with zero attached hydrogens (tertiary/aromatic N) is 1. The number of hydrogen-bond acceptors (Lipinski definition) is 4. The van der Waals surface area contributed by atoms with Gasteiger partial charge in [-0.1, -0.05) is 6.07 Å². The molecule has 1 aliphatic rings. The predicted molar refractivity (Wildman–Crippen MR) is 107 cm³/mol. The first-order chi connectivity index (χ1) is 12.8. The van der Waals surface area contributed by atoms with E-state index in [1.54, 1.807) is 35.2 Å². The summed E-state index contributed by atoms with van der Waals surface area (Å²) in [5.41, 5.74) is 3.32. The maximum absolute atomic E-state index is 13.3. The summed E-state index contributed by atoms with van der Waals surface area (Å²) < 4.78 is 29.3. The van der Waals surface area contributed by atoms with Gasteiger partial charge in [0, 0.05) is 16.7 Å². The molecule has 0 spiro atoms. The number of rotatable bonds is 5. The minimum Gasteiger partial charge on any atom is -0.494 e. The number of amides is 1. The number of anilines is 1. The third kappa shape index (κ3) is 4.22. The van der Waals surface area contributed by atoms with Crippen LogP contribution in [0.15, 0.2) is 53.9 Å². The highest BCUT2D eigenvalue weighted by atomic mass is 32.2. The minimum atomic E-state index is -3.29. The average molecular weight is 385 g/mol. The summed E-state index contributed by atoms with van der Waals surface area (Å²) >= 11 is 0. The summed E-state index contributed by atoms with van der Waals surface area (Å²) in [6, 6.07) is 12.1. The van der Waals surface area contributed by atoms with Crippen molar-refractivity contribution in [1.29, 1.82) is 0 Å². The van der Waals surface area contributed by atoms with E-state index in [0.29, 0.717) is 23.6 Å². The summed E-state index contributed by atoms with van der Waals surface area (Å²) in [5, 5.41) is 1.19. The molecular formula is C21H23NO4S. The van der Waals surface area contributed by atoms with Gasteiger partial charge in [-0.15, -0.1) is 0 Å². The number of carbonyl (C=O) groups is 1. The van der Waals surface area contributed by atoms with E-state index < -0.39 is 15.9 Å². The number of hydrogen-bond donors (Lipinski definition) is 0. The first-order valence-corrected chi connectivity index (χ1v) is 10.6. The van der Waals surface area contributed by atoms with Gasteiger partial charge in [0.2, 0.25) is 0 Å². The van der Waals surface area contributed by atoms with E-state index in [-0.39, 0.29) is 11.7 Å². The molecule has 6 heteroatoms. The van der Waals surface area contributed by atoms with Crippen LogP contribution in [-0.4, -0.2) is 32.7 Å². The molecule has 2 aromatic carbocycles. The van der Waals surface area contributed by atoms with E-state index in [9.17, 15) is 13.2 Å². The first kappa shape index (κ1) is 19.2. The van der Waals surface area contributed by atoms with E-state index in [1.165, 1.54) is 5.41 Å². The van der Waals surface area contributed by atoms with E-state index in [4.69, 9.17) is 4.74 Å². The van der Waals surface area contributed by atoms with Crippen LogP contribution in [0.1, 0.15) is 28.4 Å². The predicted octanol–water partition coefficient (Wildman–Crippen LogP) is 3.66. The fraction of sp³-hybridized carbons (Fsp3) is 0.286. The molecule has 1 heterocycles. The summed E-state index contributed by atoms with van der Waals surface area (Å²) in [6.45, 7) is 6.41. The van der Waals surface area contributed by atoms with Crippen LogP contribution in [0, 0.1) is 13.8 Å². The molecule has 0 bridgehead atoms. The Bertz CT molecular complexity index is 978. The Balaban J connectivity index is 1.99. The molecule has 3 rings (SSSR count). The number of aryl methyl sites for hydroxylation is 2. The smallest absolute Gasteiger partial charge is 0.258 e. The highest BCUT2D eigenvalue weighted by Gasteiger charge is 2.32. The van der Waals surface area contributed by atoms with E-state index in [2.05, 4.69) is 0 Å². The van der Waals surface area contributed by atoms with Gasteiger partial charge in [0.15, 0.2) is 9.84 Å². The Morgan fingerprint density at radius 3 is 2.37 bits per heavy atom. The highest BCUT2D eigenvalue weighted by molar-refractivity contribution is 7.94. The summed E-state index contributed by atoms with van der Waals surface area (Å²) in [4.78, 5) is 14.8. The third-order valence-electron chi connectivity index (χ3n) is 4.64. The van der Waals surface area contributed by atoms with Crippen molar-refractivity contribution in [2.75, 3.05) is 17.3 Å². The Morgan fingerprint density at radius 1 is 1.11 bits per heavy atom. The summed E-state index contributed by atoms with van der Waals surface area (Å²) in [5.74, 6) is 0.339. The van der Waals surface area contributed by atoms with Crippen LogP contribution < -0.4 is 9.64 Å². The van der Waals surface area contributed by atoms with Gasteiger partial charge >= 0.3 is 0 Å². The Labute approximate surface area is 160 Å². The largest absolute Gasteiger partial charge is 0.494 e. The molecular weight excluding hydrogens is 362 g/mol. The van der Waals surface area contributed by atoms with Crippen LogP contribution in [0.2, 0.25) is 0 Å². The van der Waals surface area contributed by atoms with Crippen molar-refractivity contribution in [2.45, 2.75) is 26.8 Å². The Kier molecular flexibility index (Phi) is 5.37. The molecule has 0 fully saturated rings. The molecule has 142 valence electrons. The second kappa shape index (κ2) is 7.56. The number of ether oxygens (including phenoxy) is 1. The summed E-state index contributed by atoms with van der Waals surface area (Å²) in [6.07, 6.45) is 1.58. The van der Waals surface area contributed by atoms with Crippen molar-refractivity contribution in [3.8, 4) is 5.75 Å². The van der Waals surface area contributed by atoms with Gasteiger partial charge in [-0.3, -0.25) is 4.79 Å². The van der Waals surface area contributed by atoms with Gasteiger partial charge < -0.3 is 9.64 Å². The van der Waals surface area contributed by atoms with Crippen molar-refractivity contribution < 1.29 is 17.9 Å². The van der Waals surface area contributed by atoms with Crippen LogP contribution in [0.25, 0.3) is 0 Å².